The van der Waals surface area contributed by atoms with Crippen LogP contribution in [0.2, 0.25) is 0 Å². The molecule has 0 spiro atoms. The van der Waals surface area contributed by atoms with E-state index in [4.69, 9.17) is 9.84 Å². The van der Waals surface area contributed by atoms with Crippen molar-refractivity contribution in [3.05, 3.63) is 23.8 Å². The van der Waals surface area contributed by atoms with Gasteiger partial charge in [-0.05, 0) is 19.1 Å². The second-order valence-corrected chi connectivity index (χ2v) is 2.72. The monoisotopic (exact) mass is 210 g/mol. The molecule has 0 aromatic heterocycles. The fourth-order valence-electron chi connectivity index (χ4n) is 1.13. The van der Waals surface area contributed by atoms with Crippen LogP contribution in [0.4, 0.5) is 0 Å². The molecule has 0 unspecified atom stereocenters. The highest BCUT2D eigenvalue weighted by Gasteiger charge is 2.23. The molecule has 0 aliphatic heterocycles. The Hall–Kier alpha value is -2.04. The Morgan fingerprint density at radius 3 is 2.60 bits per heavy atom. The average molecular weight is 210 g/mol. The molecular weight excluding hydrogens is 200 g/mol. The van der Waals surface area contributed by atoms with E-state index in [1.165, 1.54) is 18.2 Å². The summed E-state index contributed by atoms with van der Waals surface area (Å²) in [5, 5.41) is 17.9. The van der Waals surface area contributed by atoms with E-state index in [2.05, 4.69) is 0 Å². The summed E-state index contributed by atoms with van der Waals surface area (Å²) in [5.41, 5.74) is -0.313. The third kappa shape index (κ3) is 2.25. The molecule has 2 N–H and O–H groups in total. The van der Waals surface area contributed by atoms with Crippen LogP contribution in [0, 0.1) is 0 Å². The number of benzene rings is 1. The van der Waals surface area contributed by atoms with E-state index in [1.54, 1.807) is 6.92 Å². The first-order valence-corrected chi connectivity index (χ1v) is 4.30. The highest BCUT2D eigenvalue weighted by atomic mass is 16.5. The van der Waals surface area contributed by atoms with Gasteiger partial charge in [0.1, 0.15) is 17.1 Å². The topological polar surface area (TPSA) is 83.8 Å². The number of aromatic hydroxyl groups is 1. The van der Waals surface area contributed by atoms with Crippen LogP contribution < -0.4 is 4.74 Å². The zero-order chi connectivity index (χ0) is 11.4. The molecule has 0 fully saturated rings. The molecule has 5 nitrogen and oxygen atoms in total. The lowest BCUT2D eigenvalue weighted by Gasteiger charge is -2.08. The Morgan fingerprint density at radius 1 is 1.40 bits per heavy atom. The standard InChI is InChI=1S/C10H10O5/c1-2-15-7-5-3-4-6(11)8(7)9(12)10(13)14/h3-5,11H,2H2,1H3,(H,13,14). The van der Waals surface area contributed by atoms with Crippen LogP contribution in [0.25, 0.3) is 0 Å². The van der Waals surface area contributed by atoms with Crippen LogP contribution in [-0.2, 0) is 4.79 Å². The summed E-state index contributed by atoms with van der Waals surface area (Å²) in [7, 11) is 0. The molecule has 1 aromatic rings. The number of carbonyl (C=O) groups excluding carboxylic acids is 1. The minimum absolute atomic E-state index is 0.0740. The molecule has 80 valence electrons. The number of aliphatic carboxylic acids is 1. The van der Waals surface area contributed by atoms with Crippen molar-refractivity contribution in [2.75, 3.05) is 6.61 Å². The van der Waals surface area contributed by atoms with Gasteiger partial charge in [0.25, 0.3) is 5.78 Å². The average Bonchev–Trinajstić information content (AvgIpc) is 2.17. The molecule has 0 atom stereocenters. The number of hydrogen-bond donors (Lipinski definition) is 2. The summed E-state index contributed by atoms with van der Waals surface area (Å²) < 4.78 is 5.04. The van der Waals surface area contributed by atoms with Crippen molar-refractivity contribution in [1.82, 2.24) is 0 Å². The van der Waals surface area contributed by atoms with Crippen molar-refractivity contribution in [3.8, 4) is 11.5 Å². The fourth-order valence-corrected chi connectivity index (χ4v) is 1.13. The quantitative estimate of drug-likeness (QED) is 0.573. The second kappa shape index (κ2) is 4.45. The molecular formula is C10H10O5. The highest BCUT2D eigenvalue weighted by molar-refractivity contribution is 6.41. The molecule has 1 rings (SSSR count). The zero-order valence-corrected chi connectivity index (χ0v) is 8.06. The van der Waals surface area contributed by atoms with Gasteiger partial charge in [-0.1, -0.05) is 6.07 Å². The summed E-state index contributed by atoms with van der Waals surface area (Å²) in [6.07, 6.45) is 0. The fraction of sp³-hybridized carbons (Fsp3) is 0.200. The maximum absolute atomic E-state index is 11.2. The van der Waals surface area contributed by atoms with Gasteiger partial charge in [0, 0.05) is 0 Å². The molecule has 1 aromatic carbocycles. The van der Waals surface area contributed by atoms with E-state index in [0.29, 0.717) is 0 Å². The van der Waals surface area contributed by atoms with Gasteiger partial charge in [0.2, 0.25) is 0 Å². The van der Waals surface area contributed by atoms with Gasteiger partial charge in [-0.3, -0.25) is 4.79 Å². The van der Waals surface area contributed by atoms with Crippen LogP contribution in [0.5, 0.6) is 11.5 Å². The van der Waals surface area contributed by atoms with Gasteiger partial charge in [-0.25, -0.2) is 4.79 Å². The van der Waals surface area contributed by atoms with E-state index in [-0.39, 0.29) is 17.9 Å². The second-order valence-electron chi connectivity index (χ2n) is 2.72. The number of phenols is 1. The van der Waals surface area contributed by atoms with Crippen LogP contribution in [0.15, 0.2) is 18.2 Å². The lowest BCUT2D eigenvalue weighted by atomic mass is 10.1. The Balaban J connectivity index is 3.24. The van der Waals surface area contributed by atoms with Crippen LogP contribution in [-0.4, -0.2) is 28.6 Å². The number of ether oxygens (including phenoxy) is 1. The number of carboxylic acid groups (broad SMARTS) is 1. The van der Waals surface area contributed by atoms with Crippen LogP contribution in [0.1, 0.15) is 17.3 Å². The third-order valence-electron chi connectivity index (χ3n) is 1.73. The van der Waals surface area contributed by atoms with E-state index in [9.17, 15) is 14.7 Å². The lowest BCUT2D eigenvalue weighted by Crippen LogP contribution is -2.14. The van der Waals surface area contributed by atoms with Crippen LogP contribution in [0.3, 0.4) is 0 Å². The number of rotatable bonds is 4. The largest absolute Gasteiger partial charge is 0.507 e. The van der Waals surface area contributed by atoms with E-state index in [0.717, 1.165) is 0 Å². The van der Waals surface area contributed by atoms with Crippen molar-refractivity contribution < 1.29 is 24.5 Å². The zero-order valence-electron chi connectivity index (χ0n) is 8.06. The van der Waals surface area contributed by atoms with Gasteiger partial charge in [-0.2, -0.15) is 0 Å². The summed E-state index contributed by atoms with van der Waals surface area (Å²) in [6.45, 7) is 1.97. The van der Waals surface area contributed by atoms with Crippen molar-refractivity contribution in [2.45, 2.75) is 6.92 Å². The Labute approximate surface area is 85.9 Å². The Bertz CT molecular complexity index is 397. The minimum atomic E-state index is -1.63. The molecule has 0 bridgehead atoms. The molecule has 0 saturated heterocycles. The number of carbonyl (C=O) groups is 2. The normalized spacial score (nSPS) is 9.67. The molecule has 0 amide bonds. The predicted molar refractivity (Wildman–Crippen MR) is 51.2 cm³/mol. The van der Waals surface area contributed by atoms with Crippen molar-refractivity contribution in [3.63, 3.8) is 0 Å². The predicted octanol–water partition coefficient (Wildman–Crippen LogP) is 1.06. The maximum atomic E-state index is 11.2. The molecule has 15 heavy (non-hydrogen) atoms. The molecule has 0 radical (unpaired) electrons. The first-order valence-electron chi connectivity index (χ1n) is 4.30. The van der Waals surface area contributed by atoms with Crippen molar-refractivity contribution in [2.24, 2.45) is 0 Å². The maximum Gasteiger partial charge on any atom is 0.377 e. The van der Waals surface area contributed by atoms with Gasteiger partial charge >= 0.3 is 5.97 Å². The number of carboxylic acids is 1. The SMILES string of the molecule is CCOc1cccc(O)c1C(=O)C(=O)O. The minimum Gasteiger partial charge on any atom is -0.507 e. The van der Waals surface area contributed by atoms with E-state index < -0.39 is 17.5 Å². The molecule has 0 saturated carbocycles. The summed E-state index contributed by atoms with van der Waals surface area (Å²) in [5.74, 6) is -3.13. The number of phenolic OH excluding ortho intramolecular Hbond substituents is 1. The highest BCUT2D eigenvalue weighted by Crippen LogP contribution is 2.27. The van der Waals surface area contributed by atoms with Crippen molar-refractivity contribution in [1.29, 1.82) is 0 Å². The molecule has 0 heterocycles. The van der Waals surface area contributed by atoms with Gasteiger partial charge < -0.3 is 14.9 Å². The number of hydrogen-bond acceptors (Lipinski definition) is 4. The van der Waals surface area contributed by atoms with E-state index in [1.807, 2.05) is 0 Å². The van der Waals surface area contributed by atoms with Gasteiger partial charge in [0.15, 0.2) is 0 Å². The first-order chi connectivity index (χ1) is 7.07. The van der Waals surface area contributed by atoms with Crippen molar-refractivity contribution >= 4 is 11.8 Å². The number of ketones is 1. The Kier molecular flexibility index (Phi) is 3.28. The smallest absolute Gasteiger partial charge is 0.377 e. The molecule has 5 heteroatoms. The van der Waals surface area contributed by atoms with Gasteiger partial charge in [0.05, 0.1) is 6.61 Å². The Morgan fingerprint density at radius 2 is 2.07 bits per heavy atom. The molecule has 0 aliphatic carbocycles. The van der Waals surface area contributed by atoms with Gasteiger partial charge in [-0.15, -0.1) is 0 Å². The summed E-state index contributed by atoms with van der Waals surface area (Å²) >= 11 is 0. The summed E-state index contributed by atoms with van der Waals surface area (Å²) in [4.78, 5) is 21.7. The molecule has 0 aliphatic rings. The number of Topliss-reactive ketones (excluding diaryl/α,β-unsaturated/α-hetero) is 1. The van der Waals surface area contributed by atoms with Crippen LogP contribution >= 0.6 is 0 Å². The first kappa shape index (κ1) is 11.0. The third-order valence-corrected chi connectivity index (χ3v) is 1.73. The lowest BCUT2D eigenvalue weighted by molar-refractivity contribution is -0.131. The summed E-state index contributed by atoms with van der Waals surface area (Å²) in [6, 6.07) is 4.14. The van der Waals surface area contributed by atoms with E-state index >= 15 is 0 Å².